The van der Waals surface area contributed by atoms with Crippen LogP contribution in [0.4, 0.5) is 0 Å². The van der Waals surface area contributed by atoms with Gasteiger partial charge in [0.25, 0.3) is 0 Å². The number of nitrogens with one attached hydrogen (secondary N) is 1. The van der Waals surface area contributed by atoms with E-state index < -0.39 is 5.97 Å². The molecular weight excluding hydrogens is 290 g/mol. The number of benzene rings is 1. The third-order valence-corrected chi connectivity index (χ3v) is 3.37. The first-order valence-electron chi connectivity index (χ1n) is 6.34. The maximum Gasteiger partial charge on any atom is 0.342 e. The number of aromatic amines is 1. The van der Waals surface area contributed by atoms with Crippen molar-refractivity contribution in [3.8, 4) is 5.75 Å². The number of aromatic nitrogens is 3. The van der Waals surface area contributed by atoms with Crippen molar-refractivity contribution >= 4 is 23.8 Å². The van der Waals surface area contributed by atoms with E-state index in [1.165, 1.54) is 0 Å². The largest absolute Gasteiger partial charge is 0.493 e. The lowest BCUT2D eigenvalue weighted by atomic mass is 10.2. The van der Waals surface area contributed by atoms with Gasteiger partial charge in [-0.1, -0.05) is 18.2 Å². The molecule has 0 atom stereocenters. The summed E-state index contributed by atoms with van der Waals surface area (Å²) < 4.78 is 5.49. The van der Waals surface area contributed by atoms with Gasteiger partial charge in [0.2, 0.25) is 5.16 Å². The van der Waals surface area contributed by atoms with Crippen LogP contribution in [0.25, 0.3) is 6.08 Å². The van der Waals surface area contributed by atoms with Crippen molar-refractivity contribution in [1.29, 1.82) is 0 Å². The van der Waals surface area contributed by atoms with Crippen molar-refractivity contribution in [2.24, 2.45) is 0 Å². The molecule has 1 heterocycles. The highest BCUT2D eigenvalue weighted by atomic mass is 32.2. The van der Waals surface area contributed by atoms with Crippen LogP contribution in [0.1, 0.15) is 18.3 Å². The molecule has 2 aromatic rings. The summed E-state index contributed by atoms with van der Waals surface area (Å²) in [6.45, 7) is 4.15. The molecule has 1 aromatic carbocycles. The summed E-state index contributed by atoms with van der Waals surface area (Å²) in [7, 11) is 0. The Kier molecular flexibility index (Phi) is 4.99. The van der Waals surface area contributed by atoms with Gasteiger partial charge in [0, 0.05) is 5.56 Å². The van der Waals surface area contributed by atoms with Crippen molar-refractivity contribution in [3.63, 3.8) is 0 Å². The van der Waals surface area contributed by atoms with Crippen LogP contribution in [0.5, 0.6) is 5.75 Å². The highest BCUT2D eigenvalue weighted by Crippen LogP contribution is 2.28. The SMILES string of the molecule is CCOc1ccccc1C=C(Sc1n[nH]c(C)n1)C(=O)O. The van der Waals surface area contributed by atoms with Gasteiger partial charge in [0.15, 0.2) is 0 Å². The maximum atomic E-state index is 11.4. The van der Waals surface area contributed by atoms with Crippen molar-refractivity contribution in [3.05, 3.63) is 40.6 Å². The third kappa shape index (κ3) is 4.09. The van der Waals surface area contributed by atoms with E-state index in [2.05, 4.69) is 15.2 Å². The molecule has 110 valence electrons. The molecular formula is C14H15N3O3S. The number of carboxylic acids is 1. The first-order valence-corrected chi connectivity index (χ1v) is 7.15. The highest BCUT2D eigenvalue weighted by Gasteiger charge is 2.14. The molecule has 0 radical (unpaired) electrons. The van der Waals surface area contributed by atoms with Crippen LogP contribution in [-0.4, -0.2) is 32.9 Å². The fourth-order valence-corrected chi connectivity index (χ4v) is 2.37. The molecule has 0 aliphatic rings. The molecule has 6 nitrogen and oxygen atoms in total. The lowest BCUT2D eigenvalue weighted by molar-refractivity contribution is -0.131. The van der Waals surface area contributed by atoms with Gasteiger partial charge in [-0.15, -0.1) is 5.10 Å². The number of nitrogens with zero attached hydrogens (tertiary/aromatic N) is 2. The number of aryl methyl sites for hydroxylation is 1. The number of hydrogen-bond acceptors (Lipinski definition) is 5. The molecule has 21 heavy (non-hydrogen) atoms. The van der Waals surface area contributed by atoms with Gasteiger partial charge in [-0.3, -0.25) is 5.10 Å². The average Bonchev–Trinajstić information content (AvgIpc) is 2.86. The van der Waals surface area contributed by atoms with E-state index in [4.69, 9.17) is 4.74 Å². The predicted octanol–water partition coefficient (Wildman–Crippen LogP) is 2.73. The summed E-state index contributed by atoms with van der Waals surface area (Å²) in [6.07, 6.45) is 1.56. The van der Waals surface area contributed by atoms with Crippen LogP contribution >= 0.6 is 11.8 Å². The van der Waals surface area contributed by atoms with Crippen molar-refractivity contribution in [1.82, 2.24) is 15.2 Å². The smallest absolute Gasteiger partial charge is 0.342 e. The fraction of sp³-hybridized carbons (Fsp3) is 0.214. The molecule has 7 heteroatoms. The van der Waals surface area contributed by atoms with Gasteiger partial charge in [-0.2, -0.15) is 0 Å². The van der Waals surface area contributed by atoms with Crippen molar-refractivity contribution in [2.45, 2.75) is 19.0 Å². The normalized spacial score (nSPS) is 11.4. The minimum absolute atomic E-state index is 0.126. The number of ether oxygens (including phenoxy) is 1. The molecule has 2 rings (SSSR count). The monoisotopic (exact) mass is 305 g/mol. The Morgan fingerprint density at radius 1 is 1.48 bits per heavy atom. The van der Waals surface area contributed by atoms with Crippen LogP contribution in [0, 0.1) is 6.92 Å². The Morgan fingerprint density at radius 2 is 2.24 bits per heavy atom. The number of hydrogen-bond donors (Lipinski definition) is 2. The molecule has 1 aromatic heterocycles. The summed E-state index contributed by atoms with van der Waals surface area (Å²) in [5.41, 5.74) is 0.705. The lowest BCUT2D eigenvalue weighted by Crippen LogP contribution is -1.99. The van der Waals surface area contributed by atoms with E-state index in [9.17, 15) is 9.90 Å². The standard InChI is InChI=1S/C14H15N3O3S/c1-3-20-11-7-5-4-6-10(11)8-12(13(18)19)21-14-15-9(2)16-17-14/h4-8H,3H2,1-2H3,(H,18,19)(H,15,16,17). The first kappa shape index (κ1) is 15.1. The Balaban J connectivity index is 2.31. The van der Waals surface area contributed by atoms with Crippen LogP contribution in [0.2, 0.25) is 0 Å². The van der Waals surface area contributed by atoms with Gasteiger partial charge >= 0.3 is 5.97 Å². The van der Waals surface area contributed by atoms with E-state index >= 15 is 0 Å². The maximum absolute atomic E-state index is 11.4. The lowest BCUT2D eigenvalue weighted by Gasteiger charge is -2.07. The average molecular weight is 305 g/mol. The summed E-state index contributed by atoms with van der Waals surface area (Å²) in [5, 5.41) is 16.3. The molecule has 0 spiro atoms. The molecule has 0 amide bonds. The van der Waals surface area contributed by atoms with E-state index in [1.54, 1.807) is 25.1 Å². The zero-order valence-corrected chi connectivity index (χ0v) is 12.5. The number of thioether (sulfide) groups is 1. The Labute approximate surface area is 126 Å². The second-order valence-corrected chi connectivity index (χ2v) is 5.10. The molecule has 2 N–H and O–H groups in total. The van der Waals surface area contributed by atoms with E-state index in [0.29, 0.717) is 28.9 Å². The predicted molar refractivity (Wildman–Crippen MR) is 80.2 cm³/mol. The van der Waals surface area contributed by atoms with Crippen LogP contribution in [-0.2, 0) is 4.79 Å². The topological polar surface area (TPSA) is 88.1 Å². The van der Waals surface area contributed by atoms with E-state index in [-0.39, 0.29) is 4.91 Å². The molecule has 0 fully saturated rings. The summed E-state index contributed by atoms with van der Waals surface area (Å²) in [4.78, 5) is 15.6. The number of para-hydroxylation sites is 1. The second kappa shape index (κ2) is 6.94. The van der Waals surface area contributed by atoms with E-state index in [1.807, 2.05) is 19.1 Å². The Morgan fingerprint density at radius 3 is 2.86 bits per heavy atom. The van der Waals surface area contributed by atoms with Gasteiger partial charge in [0.1, 0.15) is 16.5 Å². The number of carbonyl (C=O) groups is 1. The molecule has 0 aliphatic carbocycles. The second-order valence-electron chi connectivity index (χ2n) is 4.09. The molecule has 0 unspecified atom stereocenters. The molecule has 0 saturated carbocycles. The molecule has 0 bridgehead atoms. The molecule has 0 aliphatic heterocycles. The van der Waals surface area contributed by atoms with E-state index in [0.717, 1.165) is 11.8 Å². The number of H-pyrrole nitrogens is 1. The third-order valence-electron chi connectivity index (χ3n) is 2.49. The fourth-order valence-electron chi connectivity index (χ4n) is 1.63. The van der Waals surface area contributed by atoms with Gasteiger partial charge in [-0.25, -0.2) is 9.78 Å². The summed E-state index contributed by atoms with van der Waals surface area (Å²) in [5.74, 6) is 0.247. The first-order chi connectivity index (χ1) is 10.1. The quantitative estimate of drug-likeness (QED) is 0.630. The minimum atomic E-state index is -1.03. The Hall–Kier alpha value is -2.28. The minimum Gasteiger partial charge on any atom is -0.493 e. The van der Waals surface area contributed by atoms with Crippen molar-refractivity contribution < 1.29 is 14.6 Å². The van der Waals surface area contributed by atoms with Gasteiger partial charge in [-0.05, 0) is 37.8 Å². The van der Waals surface area contributed by atoms with Crippen LogP contribution in [0.3, 0.4) is 0 Å². The highest BCUT2D eigenvalue weighted by molar-refractivity contribution is 8.04. The summed E-state index contributed by atoms with van der Waals surface area (Å²) in [6, 6.07) is 7.28. The number of aliphatic carboxylic acids is 1. The number of rotatable bonds is 6. The Bertz CT molecular complexity index is 667. The zero-order chi connectivity index (χ0) is 15.2. The van der Waals surface area contributed by atoms with Gasteiger partial charge in [0.05, 0.1) is 6.61 Å². The van der Waals surface area contributed by atoms with Crippen molar-refractivity contribution in [2.75, 3.05) is 6.61 Å². The van der Waals surface area contributed by atoms with Crippen LogP contribution < -0.4 is 4.74 Å². The van der Waals surface area contributed by atoms with Crippen LogP contribution in [0.15, 0.2) is 34.3 Å². The molecule has 0 saturated heterocycles. The number of carboxylic acid groups (broad SMARTS) is 1. The zero-order valence-electron chi connectivity index (χ0n) is 11.7. The van der Waals surface area contributed by atoms with Gasteiger partial charge < -0.3 is 9.84 Å². The summed E-state index contributed by atoms with van der Waals surface area (Å²) >= 11 is 0.992.